The average molecular weight is 220 g/mol. The molecule has 88 valence electrons. The molecular weight excluding hydrogens is 200 g/mol. The van der Waals surface area contributed by atoms with Crippen molar-refractivity contribution in [2.75, 3.05) is 0 Å². The lowest BCUT2D eigenvalue weighted by molar-refractivity contribution is 0.0913. The summed E-state index contributed by atoms with van der Waals surface area (Å²) in [6, 6.07) is 4.13. The largest absolute Gasteiger partial charge is 0.348 e. The summed E-state index contributed by atoms with van der Waals surface area (Å²) in [7, 11) is 1.90. The van der Waals surface area contributed by atoms with Crippen molar-refractivity contribution in [2.24, 2.45) is 13.0 Å². The summed E-state index contributed by atoms with van der Waals surface area (Å²) in [5, 5.41) is 3.13. The summed E-state index contributed by atoms with van der Waals surface area (Å²) in [5.41, 5.74) is 0.748. The first-order valence-corrected chi connectivity index (χ1v) is 6.09. The maximum absolute atomic E-state index is 12.0. The minimum atomic E-state index is 0.0617. The Bertz CT molecular complexity index is 370. The standard InChI is InChI=1S/C13H20N2O/c1-10-5-3-6-11(9-10)14-13(16)12-7-4-8-15(12)2/h4,7-8,10-11H,3,5-6,9H2,1-2H3,(H,14,16). The number of nitrogens with one attached hydrogen (secondary N) is 1. The summed E-state index contributed by atoms with van der Waals surface area (Å²) in [5.74, 6) is 0.805. The minimum Gasteiger partial charge on any atom is -0.348 e. The summed E-state index contributed by atoms with van der Waals surface area (Å²) < 4.78 is 1.86. The molecule has 0 spiro atoms. The van der Waals surface area contributed by atoms with Crippen molar-refractivity contribution in [3.63, 3.8) is 0 Å². The number of hydrogen-bond donors (Lipinski definition) is 1. The Labute approximate surface area is 96.8 Å². The first-order chi connectivity index (χ1) is 7.66. The highest BCUT2D eigenvalue weighted by molar-refractivity contribution is 5.92. The number of amides is 1. The minimum absolute atomic E-state index is 0.0617. The lowest BCUT2D eigenvalue weighted by Gasteiger charge is -2.27. The number of hydrogen-bond acceptors (Lipinski definition) is 1. The van der Waals surface area contributed by atoms with Crippen LogP contribution in [0.4, 0.5) is 0 Å². The molecule has 0 bridgehead atoms. The van der Waals surface area contributed by atoms with E-state index in [1.807, 2.05) is 29.9 Å². The van der Waals surface area contributed by atoms with E-state index in [-0.39, 0.29) is 5.91 Å². The van der Waals surface area contributed by atoms with Gasteiger partial charge in [-0.15, -0.1) is 0 Å². The average Bonchev–Trinajstić information content (AvgIpc) is 2.64. The smallest absolute Gasteiger partial charge is 0.268 e. The fourth-order valence-corrected chi connectivity index (χ4v) is 2.52. The monoisotopic (exact) mass is 220 g/mol. The number of carbonyl (C=O) groups is 1. The third-order valence-electron chi connectivity index (χ3n) is 3.45. The van der Waals surface area contributed by atoms with Gasteiger partial charge in [-0.3, -0.25) is 4.79 Å². The zero-order valence-corrected chi connectivity index (χ0v) is 10.1. The first-order valence-electron chi connectivity index (χ1n) is 6.09. The van der Waals surface area contributed by atoms with Crippen LogP contribution in [0.2, 0.25) is 0 Å². The van der Waals surface area contributed by atoms with Gasteiger partial charge in [-0.05, 0) is 30.9 Å². The Kier molecular flexibility index (Phi) is 3.32. The molecule has 0 aromatic carbocycles. The van der Waals surface area contributed by atoms with E-state index >= 15 is 0 Å². The van der Waals surface area contributed by atoms with Gasteiger partial charge in [0.25, 0.3) is 5.91 Å². The number of aromatic nitrogens is 1. The van der Waals surface area contributed by atoms with Crippen molar-refractivity contribution in [2.45, 2.75) is 38.6 Å². The Balaban J connectivity index is 1.95. The van der Waals surface area contributed by atoms with E-state index in [1.165, 1.54) is 12.8 Å². The molecule has 3 heteroatoms. The van der Waals surface area contributed by atoms with Crippen LogP contribution in [0.5, 0.6) is 0 Å². The van der Waals surface area contributed by atoms with Crippen molar-refractivity contribution in [3.8, 4) is 0 Å². The molecule has 3 nitrogen and oxygen atoms in total. The van der Waals surface area contributed by atoms with Crippen molar-refractivity contribution < 1.29 is 4.79 Å². The molecule has 1 aromatic rings. The van der Waals surface area contributed by atoms with E-state index in [2.05, 4.69) is 12.2 Å². The zero-order valence-electron chi connectivity index (χ0n) is 10.1. The molecule has 1 N–H and O–H groups in total. The highest BCUT2D eigenvalue weighted by Gasteiger charge is 2.21. The van der Waals surface area contributed by atoms with Gasteiger partial charge in [-0.25, -0.2) is 0 Å². The molecule has 16 heavy (non-hydrogen) atoms. The Morgan fingerprint density at radius 3 is 2.94 bits per heavy atom. The molecule has 2 unspecified atom stereocenters. The van der Waals surface area contributed by atoms with Crippen molar-refractivity contribution >= 4 is 5.91 Å². The van der Waals surface area contributed by atoms with Crippen LogP contribution in [0.15, 0.2) is 18.3 Å². The molecule has 1 fully saturated rings. The second-order valence-corrected chi connectivity index (χ2v) is 4.95. The highest BCUT2D eigenvalue weighted by Crippen LogP contribution is 2.23. The fourth-order valence-electron chi connectivity index (χ4n) is 2.52. The van der Waals surface area contributed by atoms with Gasteiger partial charge in [0.1, 0.15) is 5.69 Å². The van der Waals surface area contributed by atoms with E-state index in [1.54, 1.807) is 0 Å². The van der Waals surface area contributed by atoms with Crippen molar-refractivity contribution in [3.05, 3.63) is 24.0 Å². The van der Waals surface area contributed by atoms with Crippen molar-refractivity contribution in [1.82, 2.24) is 9.88 Å². The van der Waals surface area contributed by atoms with E-state index in [0.29, 0.717) is 6.04 Å². The van der Waals surface area contributed by atoms with Gasteiger partial charge in [0.2, 0.25) is 0 Å². The summed E-state index contributed by atoms with van der Waals surface area (Å²) in [4.78, 5) is 12.0. The quantitative estimate of drug-likeness (QED) is 0.815. The molecule has 0 aliphatic heterocycles. The predicted molar refractivity (Wildman–Crippen MR) is 64.3 cm³/mol. The lowest BCUT2D eigenvalue weighted by atomic mass is 9.87. The molecule has 1 saturated carbocycles. The van der Waals surface area contributed by atoms with Crippen LogP contribution in [0, 0.1) is 5.92 Å². The second kappa shape index (κ2) is 4.73. The first kappa shape index (κ1) is 11.2. The fraction of sp³-hybridized carbons (Fsp3) is 0.615. The second-order valence-electron chi connectivity index (χ2n) is 4.95. The Morgan fingerprint density at radius 1 is 1.50 bits per heavy atom. The van der Waals surface area contributed by atoms with Crippen LogP contribution in [0.1, 0.15) is 43.1 Å². The molecule has 2 atom stereocenters. The maximum atomic E-state index is 12.0. The lowest BCUT2D eigenvalue weighted by Crippen LogP contribution is -2.38. The van der Waals surface area contributed by atoms with Gasteiger partial charge in [0.15, 0.2) is 0 Å². The number of nitrogens with zero attached hydrogens (tertiary/aromatic N) is 1. The van der Waals surface area contributed by atoms with Crippen LogP contribution in [-0.2, 0) is 7.05 Å². The molecule has 2 rings (SSSR count). The number of aryl methyl sites for hydroxylation is 1. The van der Waals surface area contributed by atoms with Crippen LogP contribution >= 0.6 is 0 Å². The maximum Gasteiger partial charge on any atom is 0.268 e. The van der Waals surface area contributed by atoms with Gasteiger partial charge in [-0.1, -0.05) is 19.8 Å². The van der Waals surface area contributed by atoms with Gasteiger partial charge >= 0.3 is 0 Å². The molecule has 0 saturated heterocycles. The van der Waals surface area contributed by atoms with Crippen molar-refractivity contribution in [1.29, 1.82) is 0 Å². The molecule has 1 heterocycles. The van der Waals surface area contributed by atoms with Gasteiger partial charge in [0, 0.05) is 19.3 Å². The van der Waals surface area contributed by atoms with E-state index in [4.69, 9.17) is 0 Å². The Morgan fingerprint density at radius 2 is 2.31 bits per heavy atom. The van der Waals surface area contributed by atoms with Gasteiger partial charge < -0.3 is 9.88 Å². The molecule has 1 amide bonds. The van der Waals surface area contributed by atoms with Crippen LogP contribution in [-0.4, -0.2) is 16.5 Å². The van der Waals surface area contributed by atoms with Gasteiger partial charge in [-0.2, -0.15) is 0 Å². The van der Waals surface area contributed by atoms with Crippen LogP contribution in [0.25, 0.3) is 0 Å². The SMILES string of the molecule is CC1CCCC(NC(=O)c2cccn2C)C1. The van der Waals surface area contributed by atoms with Crippen LogP contribution < -0.4 is 5.32 Å². The Hall–Kier alpha value is -1.25. The molecule has 1 aliphatic carbocycles. The van der Waals surface area contributed by atoms with Gasteiger partial charge in [0.05, 0.1) is 0 Å². The molecule has 1 aromatic heterocycles. The predicted octanol–water partition coefficient (Wildman–Crippen LogP) is 2.33. The number of carbonyl (C=O) groups excluding carboxylic acids is 1. The molecular formula is C13H20N2O. The topological polar surface area (TPSA) is 34.0 Å². The normalized spacial score (nSPS) is 25.4. The van der Waals surface area contributed by atoms with E-state index in [9.17, 15) is 4.79 Å². The third-order valence-corrected chi connectivity index (χ3v) is 3.45. The molecule has 1 aliphatic rings. The summed E-state index contributed by atoms with van der Waals surface area (Å²) >= 11 is 0. The molecule has 0 radical (unpaired) electrons. The van der Waals surface area contributed by atoms with E-state index in [0.717, 1.165) is 24.5 Å². The number of rotatable bonds is 2. The van der Waals surface area contributed by atoms with Crippen LogP contribution in [0.3, 0.4) is 0 Å². The highest BCUT2D eigenvalue weighted by atomic mass is 16.2. The third kappa shape index (κ3) is 2.46. The summed E-state index contributed by atoms with van der Waals surface area (Å²) in [6.07, 6.45) is 6.69. The summed E-state index contributed by atoms with van der Waals surface area (Å²) in [6.45, 7) is 2.26. The van der Waals surface area contributed by atoms with E-state index < -0.39 is 0 Å². The zero-order chi connectivity index (χ0) is 11.5.